The van der Waals surface area contributed by atoms with Gasteiger partial charge in [-0.15, -0.1) is 0 Å². The number of allylic oxidation sites excluding steroid dienone is 1. The van der Waals surface area contributed by atoms with Crippen LogP contribution in [0.1, 0.15) is 19.3 Å². The molecule has 1 rings (SSSR count). The predicted molar refractivity (Wildman–Crippen MR) is 48.5 cm³/mol. The van der Waals surface area contributed by atoms with E-state index < -0.39 is 0 Å². The highest BCUT2D eigenvalue weighted by atomic mass is 15.1. The van der Waals surface area contributed by atoms with Crippen LogP contribution in [0.2, 0.25) is 0 Å². The van der Waals surface area contributed by atoms with Crippen molar-refractivity contribution in [3.05, 3.63) is 12.3 Å². The highest BCUT2D eigenvalue weighted by Gasteiger charge is 2.12. The first-order valence-electron chi connectivity index (χ1n) is 4.42. The van der Waals surface area contributed by atoms with Crippen LogP contribution in [-0.2, 0) is 0 Å². The first-order chi connectivity index (χ1) is 5.34. The second-order valence-electron chi connectivity index (χ2n) is 3.11. The molecule has 1 N–H and O–H groups in total. The monoisotopic (exact) mass is 154 g/mol. The summed E-state index contributed by atoms with van der Waals surface area (Å²) in [7, 11) is 2.00. The van der Waals surface area contributed by atoms with Crippen molar-refractivity contribution in [2.75, 3.05) is 26.7 Å². The summed E-state index contributed by atoms with van der Waals surface area (Å²) < 4.78 is 0. The normalized spacial score (nSPS) is 17.9. The highest BCUT2D eigenvalue weighted by molar-refractivity contribution is 4.98. The maximum Gasteiger partial charge on any atom is 0.0186 e. The van der Waals surface area contributed by atoms with Crippen LogP contribution in [0.25, 0.3) is 0 Å². The fourth-order valence-corrected chi connectivity index (χ4v) is 1.51. The Morgan fingerprint density at radius 2 is 2.45 bits per heavy atom. The molecule has 1 fully saturated rings. The molecule has 0 aromatic carbocycles. The third kappa shape index (κ3) is 2.54. The molecule has 11 heavy (non-hydrogen) atoms. The van der Waals surface area contributed by atoms with Crippen LogP contribution in [-0.4, -0.2) is 31.6 Å². The van der Waals surface area contributed by atoms with Gasteiger partial charge >= 0.3 is 0 Å². The van der Waals surface area contributed by atoms with Gasteiger partial charge in [0.2, 0.25) is 0 Å². The summed E-state index contributed by atoms with van der Waals surface area (Å²) in [5.41, 5.74) is 1.33. The predicted octanol–water partition coefficient (Wildman–Crippen LogP) is 1.21. The highest BCUT2D eigenvalue weighted by Crippen LogP contribution is 2.18. The third-order valence-corrected chi connectivity index (χ3v) is 2.20. The van der Waals surface area contributed by atoms with E-state index in [0.717, 1.165) is 6.54 Å². The zero-order valence-corrected chi connectivity index (χ0v) is 7.40. The molecule has 0 radical (unpaired) electrons. The Labute approximate surface area is 69.3 Å². The van der Waals surface area contributed by atoms with Crippen molar-refractivity contribution in [1.29, 1.82) is 0 Å². The average Bonchev–Trinajstić information content (AvgIpc) is 2.37. The van der Waals surface area contributed by atoms with E-state index in [1.54, 1.807) is 0 Å². The Kier molecular flexibility index (Phi) is 3.43. The van der Waals surface area contributed by atoms with Crippen LogP contribution in [0.15, 0.2) is 12.3 Å². The van der Waals surface area contributed by atoms with E-state index in [0.29, 0.717) is 0 Å². The molecule has 1 aliphatic rings. The van der Waals surface area contributed by atoms with E-state index in [-0.39, 0.29) is 0 Å². The van der Waals surface area contributed by atoms with E-state index >= 15 is 0 Å². The van der Waals surface area contributed by atoms with Gasteiger partial charge in [-0.1, -0.05) is 6.58 Å². The molecule has 0 aromatic rings. The summed E-state index contributed by atoms with van der Waals surface area (Å²) >= 11 is 0. The Balaban J connectivity index is 2.10. The van der Waals surface area contributed by atoms with Crippen LogP contribution in [0.5, 0.6) is 0 Å². The van der Waals surface area contributed by atoms with Gasteiger partial charge in [-0.2, -0.15) is 0 Å². The molecule has 1 heterocycles. The first-order valence-corrected chi connectivity index (χ1v) is 4.42. The average molecular weight is 154 g/mol. The maximum absolute atomic E-state index is 4.02. The minimum absolute atomic E-state index is 1.11. The molecule has 1 aliphatic heterocycles. The van der Waals surface area contributed by atoms with Gasteiger partial charge in [-0.3, -0.25) is 0 Å². The molecule has 0 spiro atoms. The number of hydrogen-bond acceptors (Lipinski definition) is 2. The van der Waals surface area contributed by atoms with Crippen molar-refractivity contribution < 1.29 is 0 Å². The Hall–Kier alpha value is -0.500. The van der Waals surface area contributed by atoms with Crippen LogP contribution in [0.3, 0.4) is 0 Å². The molecule has 0 unspecified atom stereocenters. The Morgan fingerprint density at radius 3 is 3.00 bits per heavy atom. The van der Waals surface area contributed by atoms with E-state index in [9.17, 15) is 0 Å². The number of likely N-dealkylation sites (tertiary alicyclic amines) is 1. The number of nitrogens with one attached hydrogen (secondary N) is 1. The summed E-state index contributed by atoms with van der Waals surface area (Å²) in [5.74, 6) is 0. The van der Waals surface area contributed by atoms with Crippen LogP contribution >= 0.6 is 0 Å². The van der Waals surface area contributed by atoms with Crippen molar-refractivity contribution in [2.24, 2.45) is 0 Å². The second kappa shape index (κ2) is 4.39. The smallest absolute Gasteiger partial charge is 0.0186 e. The third-order valence-electron chi connectivity index (χ3n) is 2.20. The summed E-state index contributed by atoms with van der Waals surface area (Å²) in [6.45, 7) is 7.54. The lowest BCUT2D eigenvalue weighted by Gasteiger charge is -2.18. The lowest BCUT2D eigenvalue weighted by atomic mass is 10.3. The van der Waals surface area contributed by atoms with Gasteiger partial charge in [-0.25, -0.2) is 0 Å². The quantitative estimate of drug-likeness (QED) is 0.612. The van der Waals surface area contributed by atoms with Crippen molar-refractivity contribution in [3.63, 3.8) is 0 Å². The maximum atomic E-state index is 4.02. The SMILES string of the molecule is C=C1CCCN1CCCNC. The van der Waals surface area contributed by atoms with E-state index in [1.165, 1.54) is 38.0 Å². The number of rotatable bonds is 4. The van der Waals surface area contributed by atoms with Crippen molar-refractivity contribution in [2.45, 2.75) is 19.3 Å². The molecule has 0 aliphatic carbocycles. The number of nitrogens with zero attached hydrogens (tertiary/aromatic N) is 1. The zero-order chi connectivity index (χ0) is 8.10. The van der Waals surface area contributed by atoms with Gasteiger partial charge in [0.25, 0.3) is 0 Å². The van der Waals surface area contributed by atoms with Crippen LogP contribution in [0, 0.1) is 0 Å². The molecule has 2 heteroatoms. The summed E-state index contributed by atoms with van der Waals surface area (Å²) in [6, 6.07) is 0. The van der Waals surface area contributed by atoms with E-state index in [4.69, 9.17) is 0 Å². The second-order valence-corrected chi connectivity index (χ2v) is 3.11. The van der Waals surface area contributed by atoms with Crippen molar-refractivity contribution in [3.8, 4) is 0 Å². The minimum Gasteiger partial charge on any atom is -0.375 e. The fourth-order valence-electron chi connectivity index (χ4n) is 1.51. The molecule has 0 amide bonds. The van der Waals surface area contributed by atoms with E-state index in [1.807, 2.05) is 7.05 Å². The largest absolute Gasteiger partial charge is 0.375 e. The molecule has 0 aromatic heterocycles. The van der Waals surface area contributed by atoms with E-state index in [2.05, 4.69) is 16.8 Å². The molecule has 0 atom stereocenters. The Morgan fingerprint density at radius 1 is 1.64 bits per heavy atom. The Bertz CT molecular complexity index is 132. The van der Waals surface area contributed by atoms with Gasteiger partial charge in [0, 0.05) is 18.8 Å². The van der Waals surface area contributed by atoms with Gasteiger partial charge in [0.1, 0.15) is 0 Å². The zero-order valence-electron chi connectivity index (χ0n) is 7.40. The lowest BCUT2D eigenvalue weighted by molar-refractivity contribution is 0.384. The van der Waals surface area contributed by atoms with Gasteiger partial charge in [0.05, 0.1) is 0 Å². The summed E-state index contributed by atoms with van der Waals surface area (Å²) in [4.78, 5) is 2.40. The molecule has 0 bridgehead atoms. The fraction of sp³-hybridized carbons (Fsp3) is 0.778. The molecule has 2 nitrogen and oxygen atoms in total. The van der Waals surface area contributed by atoms with Crippen molar-refractivity contribution in [1.82, 2.24) is 10.2 Å². The van der Waals surface area contributed by atoms with Crippen LogP contribution < -0.4 is 5.32 Å². The summed E-state index contributed by atoms with van der Waals surface area (Å²) in [5, 5.41) is 3.15. The molecular formula is C9H18N2. The minimum atomic E-state index is 1.11. The molecule has 0 saturated carbocycles. The van der Waals surface area contributed by atoms with Crippen LogP contribution in [0.4, 0.5) is 0 Å². The standard InChI is InChI=1S/C9H18N2/c1-9-5-3-7-11(9)8-4-6-10-2/h10H,1,3-8H2,2H3. The first kappa shape index (κ1) is 8.60. The topological polar surface area (TPSA) is 15.3 Å². The van der Waals surface area contributed by atoms with Gasteiger partial charge in [0.15, 0.2) is 0 Å². The lowest BCUT2D eigenvalue weighted by Crippen LogP contribution is -2.21. The summed E-state index contributed by atoms with van der Waals surface area (Å²) in [6.07, 6.45) is 3.74. The molecular weight excluding hydrogens is 136 g/mol. The van der Waals surface area contributed by atoms with Crippen molar-refractivity contribution >= 4 is 0 Å². The van der Waals surface area contributed by atoms with Gasteiger partial charge < -0.3 is 10.2 Å². The van der Waals surface area contributed by atoms with Gasteiger partial charge in [-0.05, 0) is 32.9 Å². The number of hydrogen-bond donors (Lipinski definition) is 1. The molecule has 1 saturated heterocycles. The molecule has 64 valence electrons.